The zero-order chi connectivity index (χ0) is 29.4. The number of nitro benzene ring substituents is 1. The lowest BCUT2D eigenvalue weighted by Gasteiger charge is -2.32. The molecular weight excluding hydrogens is 571 g/mol. The number of nitro groups is 1. The third-order valence-electron chi connectivity index (χ3n) is 8.51. The van der Waals surface area contributed by atoms with Crippen molar-refractivity contribution in [2.75, 3.05) is 18.0 Å². The van der Waals surface area contributed by atoms with Crippen LogP contribution in [0, 0.1) is 22.0 Å². The summed E-state index contributed by atoms with van der Waals surface area (Å²) >= 11 is 12.3. The molecule has 1 aliphatic carbocycles. The number of benzene rings is 3. The Morgan fingerprint density at radius 2 is 1.64 bits per heavy atom. The van der Waals surface area contributed by atoms with Crippen LogP contribution in [-0.4, -0.2) is 34.6 Å². The van der Waals surface area contributed by atoms with Crippen molar-refractivity contribution in [1.82, 2.24) is 5.01 Å². The first-order valence-electron chi connectivity index (χ1n) is 14.5. The van der Waals surface area contributed by atoms with Crippen molar-refractivity contribution in [2.45, 2.75) is 45.1 Å². The number of carbonyl (C=O) groups is 1. The maximum absolute atomic E-state index is 14.2. The van der Waals surface area contributed by atoms with Crippen LogP contribution in [0.15, 0.2) is 77.4 Å². The van der Waals surface area contributed by atoms with Gasteiger partial charge in [-0.1, -0.05) is 54.4 Å². The fraction of sp³-hybridized carbons (Fsp3) is 0.333. The second-order valence-corrected chi connectivity index (χ2v) is 12.4. The molecule has 0 aromatic heterocycles. The molecule has 6 rings (SSSR count). The van der Waals surface area contributed by atoms with Crippen LogP contribution in [0.25, 0.3) is 6.08 Å². The maximum Gasteiger partial charge on any atom is 0.293 e. The smallest absolute Gasteiger partial charge is 0.293 e. The van der Waals surface area contributed by atoms with Crippen molar-refractivity contribution < 1.29 is 9.72 Å². The van der Waals surface area contributed by atoms with Gasteiger partial charge in [0, 0.05) is 40.7 Å². The number of hydrogen-bond acceptors (Lipinski definition) is 5. The Balaban J connectivity index is 1.41. The minimum atomic E-state index is -0.387. The molecule has 1 saturated heterocycles. The second kappa shape index (κ2) is 11.9. The van der Waals surface area contributed by atoms with Crippen LogP contribution in [0.1, 0.15) is 66.6 Å². The molecule has 2 heterocycles. The van der Waals surface area contributed by atoms with Gasteiger partial charge in [0.25, 0.3) is 11.6 Å². The lowest BCUT2D eigenvalue weighted by atomic mass is 9.73. The van der Waals surface area contributed by atoms with Gasteiger partial charge in [-0.25, -0.2) is 5.01 Å². The maximum atomic E-state index is 14.2. The average molecular weight is 604 g/mol. The lowest BCUT2D eigenvalue weighted by molar-refractivity contribution is -0.384. The minimum Gasteiger partial charge on any atom is -0.366 e. The van der Waals surface area contributed by atoms with Crippen molar-refractivity contribution in [1.29, 1.82) is 0 Å². The van der Waals surface area contributed by atoms with Gasteiger partial charge >= 0.3 is 0 Å². The molecule has 3 atom stereocenters. The Labute approximate surface area is 255 Å². The predicted molar refractivity (Wildman–Crippen MR) is 168 cm³/mol. The zero-order valence-corrected chi connectivity index (χ0v) is 24.9. The quantitative estimate of drug-likeness (QED) is 0.216. The number of halogens is 2. The first-order valence-corrected chi connectivity index (χ1v) is 15.2. The van der Waals surface area contributed by atoms with Gasteiger partial charge in [-0.2, -0.15) is 5.10 Å². The zero-order valence-electron chi connectivity index (χ0n) is 23.4. The van der Waals surface area contributed by atoms with Crippen molar-refractivity contribution in [3.8, 4) is 0 Å². The summed E-state index contributed by atoms with van der Waals surface area (Å²) in [6.07, 6.45) is 6.94. The van der Waals surface area contributed by atoms with E-state index in [9.17, 15) is 14.9 Å². The number of allylic oxidation sites excluding steroid dienone is 1. The third-order valence-corrected chi connectivity index (χ3v) is 9.02. The molecular formula is C33H32Cl2N4O3. The van der Waals surface area contributed by atoms with Crippen LogP contribution in [0.3, 0.4) is 0 Å². The van der Waals surface area contributed by atoms with Gasteiger partial charge in [0.1, 0.15) is 5.69 Å². The standard InChI is InChI=1S/C33H32Cl2N4O3/c1-21-17-25(19-22-5-10-26(34)11-6-22)31-28(18-21)32(23-7-12-27(35)13-8-23)38(36-31)33(40)24-9-14-29(30(20-24)39(41)42)37-15-3-2-4-16-37/h5-14,19-21,28,32H,2-4,15-18H2,1H3/b25-19+. The van der Waals surface area contributed by atoms with Gasteiger partial charge in [0.05, 0.1) is 16.7 Å². The molecule has 216 valence electrons. The van der Waals surface area contributed by atoms with E-state index in [4.69, 9.17) is 28.3 Å². The highest BCUT2D eigenvalue weighted by Crippen LogP contribution is 2.47. The normalized spacial score (nSPS) is 23.1. The van der Waals surface area contributed by atoms with Gasteiger partial charge in [0.2, 0.25) is 0 Å². The highest BCUT2D eigenvalue weighted by molar-refractivity contribution is 6.30. The summed E-state index contributed by atoms with van der Waals surface area (Å²) in [5.74, 6) is -0.00839. The summed E-state index contributed by atoms with van der Waals surface area (Å²) in [6, 6.07) is 19.7. The monoisotopic (exact) mass is 602 g/mol. The summed E-state index contributed by atoms with van der Waals surface area (Å²) in [6.45, 7) is 3.77. The first kappa shape index (κ1) is 28.4. The van der Waals surface area contributed by atoms with Crippen LogP contribution in [0.5, 0.6) is 0 Å². The van der Waals surface area contributed by atoms with Crippen molar-refractivity contribution >= 4 is 52.3 Å². The van der Waals surface area contributed by atoms with E-state index >= 15 is 0 Å². The van der Waals surface area contributed by atoms with Crippen LogP contribution in [0.4, 0.5) is 11.4 Å². The van der Waals surface area contributed by atoms with Crippen molar-refractivity contribution in [3.63, 3.8) is 0 Å². The molecule has 0 spiro atoms. The van der Waals surface area contributed by atoms with E-state index in [1.807, 2.05) is 53.4 Å². The van der Waals surface area contributed by atoms with Gasteiger partial charge in [0.15, 0.2) is 0 Å². The summed E-state index contributed by atoms with van der Waals surface area (Å²) in [5.41, 5.74) is 4.68. The van der Waals surface area contributed by atoms with Crippen molar-refractivity contribution in [2.24, 2.45) is 16.9 Å². The first-order chi connectivity index (χ1) is 20.3. The molecule has 1 saturated carbocycles. The SMILES string of the molecule is CC1C/C(=C\c2ccc(Cl)cc2)C2=NN(C(=O)c3ccc(N4CCCCC4)c([N+](=O)[O-])c3)C(c3ccc(Cl)cc3)C2C1. The van der Waals surface area contributed by atoms with E-state index in [0.717, 1.165) is 67.6 Å². The number of hydrogen-bond donors (Lipinski definition) is 0. The molecule has 0 radical (unpaired) electrons. The summed E-state index contributed by atoms with van der Waals surface area (Å²) in [7, 11) is 0. The molecule has 3 unspecified atom stereocenters. The predicted octanol–water partition coefficient (Wildman–Crippen LogP) is 8.57. The number of anilines is 1. The summed E-state index contributed by atoms with van der Waals surface area (Å²) in [5, 5.41) is 20.0. The fourth-order valence-electron chi connectivity index (χ4n) is 6.55. The molecule has 1 amide bonds. The Hall–Kier alpha value is -3.68. The average Bonchev–Trinajstić information content (AvgIpc) is 3.38. The van der Waals surface area contributed by atoms with E-state index in [1.54, 1.807) is 12.1 Å². The largest absolute Gasteiger partial charge is 0.366 e. The molecule has 3 aromatic carbocycles. The van der Waals surface area contributed by atoms with Crippen LogP contribution >= 0.6 is 23.2 Å². The summed E-state index contributed by atoms with van der Waals surface area (Å²) < 4.78 is 0. The fourth-order valence-corrected chi connectivity index (χ4v) is 6.80. The lowest BCUT2D eigenvalue weighted by Crippen LogP contribution is -2.33. The number of fused-ring (bicyclic) bond motifs is 1. The molecule has 3 aliphatic rings. The van der Waals surface area contributed by atoms with Crippen LogP contribution in [-0.2, 0) is 0 Å². The Morgan fingerprint density at radius 3 is 2.31 bits per heavy atom. The molecule has 0 bridgehead atoms. The molecule has 7 nitrogen and oxygen atoms in total. The van der Waals surface area contributed by atoms with E-state index in [-0.39, 0.29) is 34.0 Å². The Bertz CT molecular complexity index is 1560. The Morgan fingerprint density at radius 1 is 0.976 bits per heavy atom. The number of rotatable bonds is 5. The second-order valence-electron chi connectivity index (χ2n) is 11.5. The minimum absolute atomic E-state index is 0.0277. The highest BCUT2D eigenvalue weighted by Gasteiger charge is 2.45. The van der Waals surface area contributed by atoms with E-state index in [1.165, 1.54) is 11.1 Å². The van der Waals surface area contributed by atoms with Crippen LogP contribution in [0.2, 0.25) is 10.0 Å². The third kappa shape index (κ3) is 5.68. The highest BCUT2D eigenvalue weighted by atomic mass is 35.5. The van der Waals surface area contributed by atoms with Gasteiger partial charge in [-0.15, -0.1) is 0 Å². The topological polar surface area (TPSA) is 79.0 Å². The molecule has 0 N–H and O–H groups in total. The molecule has 2 fully saturated rings. The number of hydrazone groups is 1. The number of piperidine rings is 1. The molecule has 2 aliphatic heterocycles. The van der Waals surface area contributed by atoms with Crippen molar-refractivity contribution in [3.05, 3.63) is 109 Å². The molecule has 3 aromatic rings. The van der Waals surface area contributed by atoms with Gasteiger partial charge in [-0.3, -0.25) is 14.9 Å². The molecule has 9 heteroatoms. The summed E-state index contributed by atoms with van der Waals surface area (Å²) in [4.78, 5) is 28.0. The van der Waals surface area contributed by atoms with Gasteiger partial charge < -0.3 is 4.90 Å². The van der Waals surface area contributed by atoms with E-state index < -0.39 is 0 Å². The number of amides is 1. The van der Waals surface area contributed by atoms with E-state index in [0.29, 0.717) is 21.7 Å². The number of carbonyl (C=O) groups excluding carboxylic acids is 1. The van der Waals surface area contributed by atoms with Gasteiger partial charge in [-0.05, 0) is 97.2 Å². The molecule has 42 heavy (non-hydrogen) atoms. The van der Waals surface area contributed by atoms with Crippen LogP contribution < -0.4 is 4.90 Å². The number of nitrogens with zero attached hydrogens (tertiary/aromatic N) is 4. The Kier molecular flexibility index (Phi) is 8.06. The van der Waals surface area contributed by atoms with E-state index in [2.05, 4.69) is 13.0 Å².